The summed E-state index contributed by atoms with van der Waals surface area (Å²) in [6.45, 7) is 2.80. The fraction of sp³-hybridized carbons (Fsp3) is 0.500. The van der Waals surface area contributed by atoms with Gasteiger partial charge in [0.15, 0.2) is 0 Å². The molecule has 1 heterocycles. The molecule has 0 unspecified atom stereocenters. The van der Waals surface area contributed by atoms with Gasteiger partial charge >= 0.3 is 0 Å². The van der Waals surface area contributed by atoms with E-state index in [0.29, 0.717) is 5.92 Å². The molecule has 2 atom stereocenters. The third-order valence-corrected chi connectivity index (χ3v) is 4.20. The maximum Gasteiger partial charge on any atom is 0.242 e. The van der Waals surface area contributed by atoms with Gasteiger partial charge in [0.25, 0.3) is 0 Å². The lowest BCUT2D eigenvalue weighted by molar-refractivity contribution is -0.133. The average Bonchev–Trinajstić information content (AvgIpc) is 2.86. The van der Waals surface area contributed by atoms with Gasteiger partial charge in [0.2, 0.25) is 11.8 Å². The molecule has 114 valence electrons. The Morgan fingerprint density at radius 1 is 1.33 bits per heavy atom. The summed E-state index contributed by atoms with van der Waals surface area (Å²) in [6.07, 6.45) is 1.99. The minimum Gasteiger partial charge on any atom is -0.346 e. The third kappa shape index (κ3) is 4.04. The highest BCUT2D eigenvalue weighted by molar-refractivity contribution is 5.85. The van der Waals surface area contributed by atoms with Crippen LogP contribution in [0.4, 0.5) is 0 Å². The topological polar surface area (TPSA) is 75.4 Å². The van der Waals surface area contributed by atoms with Crippen LogP contribution in [0, 0.1) is 5.92 Å². The van der Waals surface area contributed by atoms with Crippen LogP contribution in [-0.4, -0.2) is 42.4 Å². The minimum atomic E-state index is -0.295. The van der Waals surface area contributed by atoms with E-state index in [1.54, 1.807) is 0 Å². The van der Waals surface area contributed by atoms with Gasteiger partial charge in [-0.2, -0.15) is 0 Å². The second-order valence-electron chi connectivity index (χ2n) is 5.55. The van der Waals surface area contributed by atoms with E-state index >= 15 is 0 Å². The van der Waals surface area contributed by atoms with Crippen molar-refractivity contribution in [1.29, 1.82) is 0 Å². The van der Waals surface area contributed by atoms with Crippen molar-refractivity contribution < 1.29 is 9.59 Å². The molecule has 21 heavy (non-hydrogen) atoms. The number of benzene rings is 1. The van der Waals surface area contributed by atoms with Gasteiger partial charge in [-0.1, -0.05) is 30.3 Å². The highest BCUT2D eigenvalue weighted by atomic mass is 16.2. The lowest BCUT2D eigenvalue weighted by atomic mass is 9.93. The molecule has 2 rings (SSSR count). The van der Waals surface area contributed by atoms with Gasteiger partial charge in [-0.15, -0.1) is 0 Å². The monoisotopic (exact) mass is 289 g/mol. The van der Waals surface area contributed by atoms with Gasteiger partial charge in [-0.3, -0.25) is 9.59 Å². The summed E-state index contributed by atoms with van der Waals surface area (Å²) >= 11 is 0. The van der Waals surface area contributed by atoms with Gasteiger partial charge in [0.1, 0.15) is 0 Å². The van der Waals surface area contributed by atoms with Gasteiger partial charge in [0, 0.05) is 12.6 Å². The molecule has 0 spiro atoms. The fourth-order valence-corrected chi connectivity index (χ4v) is 2.89. The summed E-state index contributed by atoms with van der Waals surface area (Å²) in [5, 5.41) is 2.54. The molecule has 1 aromatic rings. The Morgan fingerprint density at radius 2 is 2.05 bits per heavy atom. The molecule has 0 radical (unpaired) electrons. The Labute approximate surface area is 125 Å². The summed E-state index contributed by atoms with van der Waals surface area (Å²) < 4.78 is 0. The predicted molar refractivity (Wildman–Crippen MR) is 81.5 cm³/mol. The maximum absolute atomic E-state index is 12.1. The van der Waals surface area contributed by atoms with Crippen LogP contribution in [0.15, 0.2) is 30.3 Å². The Bertz CT molecular complexity index is 490. The number of nitrogens with two attached hydrogens (primary N) is 1. The summed E-state index contributed by atoms with van der Waals surface area (Å²) in [4.78, 5) is 25.1. The van der Waals surface area contributed by atoms with E-state index in [9.17, 15) is 9.59 Å². The molecule has 0 bridgehead atoms. The zero-order valence-electron chi connectivity index (χ0n) is 12.4. The predicted octanol–water partition coefficient (Wildman–Crippen LogP) is 0.541. The van der Waals surface area contributed by atoms with Crippen molar-refractivity contribution in [2.75, 3.05) is 19.6 Å². The SMILES string of the molecule is C[C@H]1[C@@H](Cc2ccccc2)CCN1C(=O)CNC(=O)CN. The van der Waals surface area contributed by atoms with E-state index in [1.165, 1.54) is 5.56 Å². The first-order valence-electron chi connectivity index (χ1n) is 7.42. The zero-order valence-corrected chi connectivity index (χ0v) is 12.4. The standard InChI is InChI=1S/C16H23N3O2/c1-12-14(9-13-5-3-2-4-6-13)7-8-19(12)16(21)11-18-15(20)10-17/h2-6,12,14H,7-11,17H2,1H3,(H,18,20)/t12-,14+/m0/s1. The van der Waals surface area contributed by atoms with Crippen molar-refractivity contribution in [3.8, 4) is 0 Å². The molecule has 1 fully saturated rings. The third-order valence-electron chi connectivity index (χ3n) is 4.20. The number of likely N-dealkylation sites (tertiary alicyclic amines) is 1. The lowest BCUT2D eigenvalue weighted by Crippen LogP contribution is -2.44. The average molecular weight is 289 g/mol. The van der Waals surface area contributed by atoms with E-state index in [-0.39, 0.29) is 30.9 Å². The molecular formula is C16H23N3O2. The molecular weight excluding hydrogens is 266 g/mol. The van der Waals surface area contributed by atoms with E-state index in [1.807, 2.05) is 23.1 Å². The Morgan fingerprint density at radius 3 is 2.71 bits per heavy atom. The van der Waals surface area contributed by atoms with E-state index < -0.39 is 0 Å². The maximum atomic E-state index is 12.1. The van der Waals surface area contributed by atoms with E-state index in [0.717, 1.165) is 19.4 Å². The number of nitrogens with one attached hydrogen (secondary N) is 1. The van der Waals surface area contributed by atoms with Crippen molar-refractivity contribution in [1.82, 2.24) is 10.2 Å². The zero-order chi connectivity index (χ0) is 15.2. The first-order chi connectivity index (χ1) is 10.1. The normalized spacial score (nSPS) is 21.3. The number of carbonyl (C=O) groups is 2. The highest BCUT2D eigenvalue weighted by Crippen LogP contribution is 2.27. The molecule has 2 amide bonds. The second kappa shape index (κ2) is 7.22. The molecule has 5 nitrogen and oxygen atoms in total. The molecule has 1 aliphatic rings. The molecule has 0 aliphatic carbocycles. The summed E-state index contributed by atoms with van der Waals surface area (Å²) in [5.41, 5.74) is 6.52. The summed E-state index contributed by atoms with van der Waals surface area (Å²) in [5.74, 6) is 0.150. The molecule has 0 aromatic heterocycles. The highest BCUT2D eigenvalue weighted by Gasteiger charge is 2.33. The fourth-order valence-electron chi connectivity index (χ4n) is 2.89. The van der Waals surface area contributed by atoms with Gasteiger partial charge in [0.05, 0.1) is 13.1 Å². The van der Waals surface area contributed by atoms with Crippen LogP contribution in [0.2, 0.25) is 0 Å². The van der Waals surface area contributed by atoms with Gasteiger partial charge < -0.3 is 16.0 Å². The van der Waals surface area contributed by atoms with Crippen LogP contribution in [-0.2, 0) is 16.0 Å². The van der Waals surface area contributed by atoms with Crippen LogP contribution in [0.1, 0.15) is 18.9 Å². The molecule has 1 aliphatic heterocycles. The molecule has 1 saturated heterocycles. The van der Waals surface area contributed by atoms with Gasteiger partial charge in [-0.25, -0.2) is 0 Å². The molecule has 5 heteroatoms. The number of amides is 2. The van der Waals surface area contributed by atoms with Crippen LogP contribution in [0.3, 0.4) is 0 Å². The number of carbonyl (C=O) groups excluding carboxylic acids is 2. The minimum absolute atomic E-state index is 0.0279. The largest absolute Gasteiger partial charge is 0.346 e. The van der Waals surface area contributed by atoms with Crippen LogP contribution in [0.25, 0.3) is 0 Å². The van der Waals surface area contributed by atoms with E-state index in [2.05, 4.69) is 24.4 Å². The quantitative estimate of drug-likeness (QED) is 0.831. The molecule has 1 aromatic carbocycles. The Hall–Kier alpha value is -1.88. The number of rotatable bonds is 5. The first-order valence-corrected chi connectivity index (χ1v) is 7.42. The molecule has 0 saturated carbocycles. The number of nitrogens with zero attached hydrogens (tertiary/aromatic N) is 1. The van der Waals surface area contributed by atoms with Crippen LogP contribution in [0.5, 0.6) is 0 Å². The van der Waals surface area contributed by atoms with Crippen molar-refractivity contribution in [3.05, 3.63) is 35.9 Å². The van der Waals surface area contributed by atoms with Crippen LogP contribution < -0.4 is 11.1 Å². The van der Waals surface area contributed by atoms with Crippen LogP contribution >= 0.6 is 0 Å². The number of hydrogen-bond donors (Lipinski definition) is 2. The molecule has 3 N–H and O–H groups in total. The first kappa shape index (κ1) is 15.5. The van der Waals surface area contributed by atoms with E-state index in [4.69, 9.17) is 5.73 Å². The van der Waals surface area contributed by atoms with Crippen molar-refractivity contribution in [2.45, 2.75) is 25.8 Å². The van der Waals surface area contributed by atoms with Gasteiger partial charge in [-0.05, 0) is 31.2 Å². The van der Waals surface area contributed by atoms with Crippen molar-refractivity contribution in [2.24, 2.45) is 11.7 Å². The summed E-state index contributed by atoms with van der Waals surface area (Å²) in [7, 11) is 0. The number of hydrogen-bond acceptors (Lipinski definition) is 3. The van der Waals surface area contributed by atoms with Crippen molar-refractivity contribution >= 4 is 11.8 Å². The Balaban J connectivity index is 1.87. The second-order valence-corrected chi connectivity index (χ2v) is 5.55. The Kier molecular flexibility index (Phi) is 5.33. The smallest absolute Gasteiger partial charge is 0.242 e. The van der Waals surface area contributed by atoms with Crippen molar-refractivity contribution in [3.63, 3.8) is 0 Å². The lowest BCUT2D eigenvalue weighted by Gasteiger charge is -2.25. The summed E-state index contributed by atoms with van der Waals surface area (Å²) in [6, 6.07) is 10.5.